The van der Waals surface area contributed by atoms with E-state index in [0.717, 1.165) is 5.75 Å². The van der Waals surface area contributed by atoms with Crippen LogP contribution in [0.3, 0.4) is 0 Å². The van der Waals surface area contributed by atoms with Gasteiger partial charge in [-0.05, 0) is 12.1 Å². The molecule has 4 heteroatoms. The fourth-order valence-corrected chi connectivity index (χ4v) is 1.15. The number of ether oxygens (including phenoxy) is 4. The highest BCUT2D eigenvalue weighted by molar-refractivity contribution is 5.20. The number of benzene rings is 1. The Hall–Kier alpha value is -1.10. The van der Waals surface area contributed by atoms with E-state index in [4.69, 9.17) is 18.9 Å². The molecule has 0 aliphatic carbocycles. The van der Waals surface area contributed by atoms with E-state index in [1.54, 1.807) is 14.2 Å². The van der Waals surface area contributed by atoms with Crippen LogP contribution >= 0.6 is 0 Å². The van der Waals surface area contributed by atoms with Crippen molar-refractivity contribution in [2.45, 2.75) is 6.29 Å². The molecule has 0 saturated carbocycles. The topological polar surface area (TPSA) is 36.9 Å². The molecule has 0 spiro atoms. The van der Waals surface area contributed by atoms with Gasteiger partial charge in [0.1, 0.15) is 12.4 Å². The van der Waals surface area contributed by atoms with Crippen molar-refractivity contribution in [1.82, 2.24) is 0 Å². The molecule has 0 amide bonds. The highest BCUT2D eigenvalue weighted by atomic mass is 16.7. The third-order valence-electron chi connectivity index (χ3n) is 2.02. The van der Waals surface area contributed by atoms with E-state index in [0.29, 0.717) is 19.8 Å². The van der Waals surface area contributed by atoms with E-state index in [2.05, 4.69) is 0 Å². The standard InChI is InChI=1S/C12H18O4/c1-13-12(14-2)10-15-8-9-16-11-6-4-3-5-7-11/h3-7,12H,8-10H2,1-2H3. The van der Waals surface area contributed by atoms with Gasteiger partial charge in [-0.25, -0.2) is 0 Å². The van der Waals surface area contributed by atoms with Gasteiger partial charge in [0, 0.05) is 14.2 Å². The van der Waals surface area contributed by atoms with Gasteiger partial charge < -0.3 is 18.9 Å². The Morgan fingerprint density at radius 1 is 1.00 bits per heavy atom. The first-order chi connectivity index (χ1) is 7.86. The van der Waals surface area contributed by atoms with Crippen LogP contribution < -0.4 is 4.74 Å². The van der Waals surface area contributed by atoms with Crippen LogP contribution in [-0.4, -0.2) is 40.3 Å². The summed E-state index contributed by atoms with van der Waals surface area (Å²) in [5, 5.41) is 0. The molecule has 1 rings (SSSR count). The molecule has 0 atom stereocenters. The summed E-state index contributed by atoms with van der Waals surface area (Å²) >= 11 is 0. The Kier molecular flexibility index (Phi) is 6.56. The lowest BCUT2D eigenvalue weighted by molar-refractivity contribution is -0.141. The summed E-state index contributed by atoms with van der Waals surface area (Å²) in [6.07, 6.45) is -0.309. The Balaban J connectivity index is 2.04. The monoisotopic (exact) mass is 226 g/mol. The lowest BCUT2D eigenvalue weighted by Crippen LogP contribution is -2.21. The van der Waals surface area contributed by atoms with Crippen LogP contribution in [0.15, 0.2) is 30.3 Å². The van der Waals surface area contributed by atoms with Crippen LogP contribution in [0.1, 0.15) is 0 Å². The zero-order chi connectivity index (χ0) is 11.6. The van der Waals surface area contributed by atoms with E-state index in [9.17, 15) is 0 Å². The van der Waals surface area contributed by atoms with Crippen molar-refractivity contribution in [3.8, 4) is 5.75 Å². The number of rotatable bonds is 8. The van der Waals surface area contributed by atoms with Gasteiger partial charge >= 0.3 is 0 Å². The van der Waals surface area contributed by atoms with Gasteiger partial charge in [0.25, 0.3) is 0 Å². The molecule has 1 aromatic rings. The third-order valence-corrected chi connectivity index (χ3v) is 2.02. The quantitative estimate of drug-likeness (QED) is 0.499. The summed E-state index contributed by atoms with van der Waals surface area (Å²) in [6, 6.07) is 9.63. The van der Waals surface area contributed by atoms with Crippen LogP contribution in [0.5, 0.6) is 5.75 Å². The van der Waals surface area contributed by atoms with Crippen LogP contribution in [-0.2, 0) is 14.2 Å². The Morgan fingerprint density at radius 2 is 1.69 bits per heavy atom. The molecule has 0 unspecified atom stereocenters. The molecular formula is C12H18O4. The molecule has 0 fully saturated rings. The number of hydrogen-bond acceptors (Lipinski definition) is 4. The Bertz CT molecular complexity index is 259. The van der Waals surface area contributed by atoms with Crippen molar-refractivity contribution in [2.75, 3.05) is 34.0 Å². The van der Waals surface area contributed by atoms with Crippen LogP contribution in [0, 0.1) is 0 Å². The summed E-state index contributed by atoms with van der Waals surface area (Å²) in [5.41, 5.74) is 0. The van der Waals surface area contributed by atoms with E-state index in [1.807, 2.05) is 30.3 Å². The third kappa shape index (κ3) is 5.11. The van der Waals surface area contributed by atoms with E-state index >= 15 is 0 Å². The van der Waals surface area contributed by atoms with Crippen molar-refractivity contribution >= 4 is 0 Å². The van der Waals surface area contributed by atoms with Crippen LogP contribution in [0.25, 0.3) is 0 Å². The molecule has 0 saturated heterocycles. The Labute approximate surface area is 96.1 Å². The molecule has 0 radical (unpaired) electrons. The smallest absolute Gasteiger partial charge is 0.180 e. The summed E-state index contributed by atoms with van der Waals surface area (Å²) < 4.78 is 20.7. The highest BCUT2D eigenvalue weighted by Crippen LogP contribution is 2.07. The summed E-state index contributed by atoms with van der Waals surface area (Å²) in [6.45, 7) is 1.44. The van der Waals surface area contributed by atoms with Gasteiger partial charge in [-0.2, -0.15) is 0 Å². The Morgan fingerprint density at radius 3 is 2.31 bits per heavy atom. The van der Waals surface area contributed by atoms with Gasteiger partial charge in [-0.1, -0.05) is 18.2 Å². The molecule has 0 bridgehead atoms. The maximum atomic E-state index is 5.45. The number of hydrogen-bond donors (Lipinski definition) is 0. The van der Waals surface area contributed by atoms with Gasteiger partial charge in [-0.3, -0.25) is 0 Å². The minimum Gasteiger partial charge on any atom is -0.491 e. The second-order valence-corrected chi connectivity index (χ2v) is 3.14. The molecule has 0 aliphatic rings. The fourth-order valence-electron chi connectivity index (χ4n) is 1.15. The van der Waals surface area contributed by atoms with Crippen molar-refractivity contribution in [3.63, 3.8) is 0 Å². The number of para-hydroxylation sites is 1. The first kappa shape index (κ1) is 13.0. The van der Waals surface area contributed by atoms with Gasteiger partial charge in [0.2, 0.25) is 0 Å². The summed E-state index contributed by atoms with van der Waals surface area (Å²) in [5.74, 6) is 0.848. The molecule has 90 valence electrons. The lowest BCUT2D eigenvalue weighted by Gasteiger charge is -2.13. The lowest BCUT2D eigenvalue weighted by atomic mass is 10.3. The maximum absolute atomic E-state index is 5.45. The minimum atomic E-state index is -0.309. The largest absolute Gasteiger partial charge is 0.491 e. The summed E-state index contributed by atoms with van der Waals surface area (Å²) in [7, 11) is 3.16. The second-order valence-electron chi connectivity index (χ2n) is 3.14. The van der Waals surface area contributed by atoms with Crippen molar-refractivity contribution in [2.24, 2.45) is 0 Å². The zero-order valence-electron chi connectivity index (χ0n) is 9.72. The molecule has 1 aromatic carbocycles. The second kappa shape index (κ2) is 8.10. The zero-order valence-corrected chi connectivity index (χ0v) is 9.72. The van der Waals surface area contributed by atoms with E-state index < -0.39 is 0 Å². The van der Waals surface area contributed by atoms with E-state index in [-0.39, 0.29) is 6.29 Å². The maximum Gasteiger partial charge on any atom is 0.180 e. The molecule has 4 nitrogen and oxygen atoms in total. The van der Waals surface area contributed by atoms with Crippen molar-refractivity contribution in [3.05, 3.63) is 30.3 Å². The molecule has 16 heavy (non-hydrogen) atoms. The average Bonchev–Trinajstić information content (AvgIpc) is 2.35. The average molecular weight is 226 g/mol. The van der Waals surface area contributed by atoms with Gasteiger partial charge in [-0.15, -0.1) is 0 Å². The first-order valence-corrected chi connectivity index (χ1v) is 5.18. The van der Waals surface area contributed by atoms with Gasteiger partial charge in [0.15, 0.2) is 6.29 Å². The normalized spacial score (nSPS) is 10.7. The summed E-state index contributed by atoms with van der Waals surface area (Å²) in [4.78, 5) is 0. The SMILES string of the molecule is COC(COCCOc1ccccc1)OC. The first-order valence-electron chi connectivity index (χ1n) is 5.18. The number of methoxy groups -OCH3 is 2. The predicted octanol–water partition coefficient (Wildman–Crippen LogP) is 1.70. The van der Waals surface area contributed by atoms with E-state index in [1.165, 1.54) is 0 Å². The predicted molar refractivity (Wildman–Crippen MR) is 60.6 cm³/mol. The van der Waals surface area contributed by atoms with Crippen LogP contribution in [0.4, 0.5) is 0 Å². The highest BCUT2D eigenvalue weighted by Gasteiger charge is 2.03. The molecule has 0 aromatic heterocycles. The van der Waals surface area contributed by atoms with Gasteiger partial charge in [0.05, 0.1) is 13.2 Å². The molecule has 0 heterocycles. The van der Waals surface area contributed by atoms with Crippen LogP contribution in [0.2, 0.25) is 0 Å². The molecule has 0 N–H and O–H groups in total. The fraction of sp³-hybridized carbons (Fsp3) is 0.500. The van der Waals surface area contributed by atoms with Crippen molar-refractivity contribution < 1.29 is 18.9 Å². The molecule has 0 aliphatic heterocycles. The van der Waals surface area contributed by atoms with Crippen molar-refractivity contribution in [1.29, 1.82) is 0 Å². The molecular weight excluding hydrogens is 208 g/mol. The minimum absolute atomic E-state index is 0.309.